The van der Waals surface area contributed by atoms with Gasteiger partial charge in [0, 0.05) is 6.04 Å². The maximum absolute atomic E-state index is 10.5. The van der Waals surface area contributed by atoms with Crippen LogP contribution in [0.5, 0.6) is 5.75 Å². The molecule has 0 aromatic heterocycles. The monoisotopic (exact) mass is 279 g/mol. The van der Waals surface area contributed by atoms with Crippen molar-refractivity contribution in [1.29, 1.82) is 0 Å². The first kappa shape index (κ1) is 17.0. The van der Waals surface area contributed by atoms with Crippen molar-refractivity contribution in [2.75, 3.05) is 13.2 Å². The number of hydrogen-bond acceptors (Lipinski definition) is 3. The molecule has 20 heavy (non-hydrogen) atoms. The van der Waals surface area contributed by atoms with Gasteiger partial charge in [0.05, 0.1) is 12.7 Å². The molecule has 2 N–H and O–H groups in total. The molecule has 114 valence electrons. The zero-order valence-electron chi connectivity index (χ0n) is 13.2. The summed E-state index contributed by atoms with van der Waals surface area (Å²) < 4.78 is 5.57. The second kappa shape index (κ2) is 8.98. The number of rotatable bonds is 9. The molecule has 2 unspecified atom stereocenters. The van der Waals surface area contributed by atoms with Gasteiger partial charge in [-0.05, 0) is 43.0 Å². The molecule has 3 nitrogen and oxygen atoms in total. The minimum absolute atomic E-state index is 0.0809. The number of aliphatic hydroxyl groups excluding tert-OH is 1. The van der Waals surface area contributed by atoms with Crippen molar-refractivity contribution in [3.05, 3.63) is 29.8 Å². The summed E-state index contributed by atoms with van der Waals surface area (Å²) in [6, 6.07) is 7.87. The molecule has 3 heteroatoms. The molecule has 0 amide bonds. The quantitative estimate of drug-likeness (QED) is 0.726. The molecule has 2 atom stereocenters. The molecule has 0 aliphatic carbocycles. The lowest BCUT2D eigenvalue weighted by atomic mass is 9.93. The Labute approximate surface area is 123 Å². The number of nitrogens with one attached hydrogen (secondary N) is 1. The molecule has 0 saturated carbocycles. The lowest BCUT2D eigenvalue weighted by Crippen LogP contribution is -2.39. The second-order valence-electron chi connectivity index (χ2n) is 5.59. The minimum Gasteiger partial charge on any atom is -0.494 e. The van der Waals surface area contributed by atoms with Crippen LogP contribution in [0.3, 0.4) is 0 Å². The third-order valence-electron chi connectivity index (χ3n) is 3.38. The van der Waals surface area contributed by atoms with Crippen LogP contribution in [0.2, 0.25) is 0 Å². The second-order valence-corrected chi connectivity index (χ2v) is 5.59. The van der Waals surface area contributed by atoms with Gasteiger partial charge >= 0.3 is 0 Å². The topological polar surface area (TPSA) is 41.5 Å². The Hall–Kier alpha value is -1.06. The summed E-state index contributed by atoms with van der Waals surface area (Å²) >= 11 is 0. The van der Waals surface area contributed by atoms with Crippen molar-refractivity contribution in [1.82, 2.24) is 5.32 Å². The Morgan fingerprint density at radius 2 is 1.75 bits per heavy atom. The molecule has 0 radical (unpaired) electrons. The van der Waals surface area contributed by atoms with Gasteiger partial charge in [-0.1, -0.05) is 39.8 Å². The summed E-state index contributed by atoms with van der Waals surface area (Å²) in [5.41, 5.74) is 0.941. The average molecular weight is 279 g/mol. The van der Waals surface area contributed by atoms with E-state index in [2.05, 4.69) is 33.0 Å². The zero-order chi connectivity index (χ0) is 15.0. The first-order valence-corrected chi connectivity index (χ1v) is 7.74. The molecule has 0 heterocycles. The molecule has 1 rings (SSSR count). The van der Waals surface area contributed by atoms with Gasteiger partial charge in [0.2, 0.25) is 0 Å². The number of aliphatic hydroxyl groups is 1. The van der Waals surface area contributed by atoms with Gasteiger partial charge in [-0.25, -0.2) is 0 Å². The zero-order valence-corrected chi connectivity index (χ0v) is 13.2. The standard InChI is InChI=1S/C17H29NO2/c1-5-11-18-16(13(3)4)17(19)14-7-9-15(10-8-14)20-12-6-2/h7-10,13,16-19H,5-6,11-12H2,1-4H3. The maximum atomic E-state index is 10.5. The molecule has 0 aliphatic heterocycles. The highest BCUT2D eigenvalue weighted by atomic mass is 16.5. The van der Waals surface area contributed by atoms with Crippen molar-refractivity contribution in [2.45, 2.75) is 52.7 Å². The molecule has 0 fully saturated rings. The summed E-state index contributed by atoms with van der Waals surface area (Å²) in [4.78, 5) is 0. The van der Waals surface area contributed by atoms with Gasteiger partial charge in [-0.3, -0.25) is 0 Å². The Balaban J connectivity index is 2.70. The molecule has 0 saturated heterocycles. The van der Waals surface area contributed by atoms with Crippen LogP contribution in [0.15, 0.2) is 24.3 Å². The Kier molecular flexibility index (Phi) is 7.63. The van der Waals surface area contributed by atoms with Crippen LogP contribution in [0.1, 0.15) is 52.2 Å². The van der Waals surface area contributed by atoms with E-state index in [0.29, 0.717) is 5.92 Å². The smallest absolute Gasteiger partial charge is 0.119 e. The van der Waals surface area contributed by atoms with Crippen molar-refractivity contribution >= 4 is 0 Å². The fourth-order valence-electron chi connectivity index (χ4n) is 2.21. The van der Waals surface area contributed by atoms with Gasteiger partial charge in [-0.15, -0.1) is 0 Å². The van der Waals surface area contributed by atoms with Gasteiger partial charge in [-0.2, -0.15) is 0 Å². The van der Waals surface area contributed by atoms with E-state index in [0.717, 1.165) is 37.3 Å². The lowest BCUT2D eigenvalue weighted by molar-refractivity contribution is 0.105. The number of benzene rings is 1. The normalized spacial score (nSPS) is 14.3. The number of hydrogen-bond donors (Lipinski definition) is 2. The van der Waals surface area contributed by atoms with Crippen molar-refractivity contribution < 1.29 is 9.84 Å². The molecular weight excluding hydrogens is 250 g/mol. The molecular formula is C17H29NO2. The predicted octanol–water partition coefficient (Wildman–Crippen LogP) is 3.53. The van der Waals surface area contributed by atoms with Crippen LogP contribution in [0.4, 0.5) is 0 Å². The van der Waals surface area contributed by atoms with Crippen molar-refractivity contribution in [3.8, 4) is 5.75 Å². The highest BCUT2D eigenvalue weighted by molar-refractivity contribution is 5.29. The summed E-state index contributed by atoms with van der Waals surface area (Å²) in [5.74, 6) is 1.25. The summed E-state index contributed by atoms with van der Waals surface area (Å²) in [7, 11) is 0. The molecule has 0 spiro atoms. The van der Waals surface area contributed by atoms with E-state index in [1.807, 2.05) is 24.3 Å². The van der Waals surface area contributed by atoms with E-state index in [1.165, 1.54) is 0 Å². The Bertz CT molecular complexity index is 362. The van der Waals surface area contributed by atoms with Crippen LogP contribution in [-0.4, -0.2) is 24.3 Å². The molecule has 1 aromatic carbocycles. The first-order chi connectivity index (χ1) is 9.60. The van der Waals surface area contributed by atoms with E-state index in [4.69, 9.17) is 4.74 Å². The fraction of sp³-hybridized carbons (Fsp3) is 0.647. The van der Waals surface area contributed by atoms with Crippen molar-refractivity contribution in [2.24, 2.45) is 5.92 Å². The molecule has 0 bridgehead atoms. The fourth-order valence-corrected chi connectivity index (χ4v) is 2.21. The van der Waals surface area contributed by atoms with Gasteiger partial charge in [0.1, 0.15) is 5.75 Å². The van der Waals surface area contributed by atoms with Crippen LogP contribution in [0, 0.1) is 5.92 Å². The largest absolute Gasteiger partial charge is 0.494 e. The third-order valence-corrected chi connectivity index (χ3v) is 3.38. The van der Waals surface area contributed by atoms with Crippen LogP contribution < -0.4 is 10.1 Å². The minimum atomic E-state index is -0.484. The maximum Gasteiger partial charge on any atom is 0.119 e. The predicted molar refractivity (Wildman–Crippen MR) is 84.1 cm³/mol. The van der Waals surface area contributed by atoms with Gasteiger partial charge < -0.3 is 15.2 Å². The molecule has 0 aliphatic rings. The Morgan fingerprint density at radius 1 is 1.10 bits per heavy atom. The van der Waals surface area contributed by atoms with Crippen LogP contribution in [-0.2, 0) is 0 Å². The first-order valence-electron chi connectivity index (χ1n) is 7.74. The highest BCUT2D eigenvalue weighted by Crippen LogP contribution is 2.24. The highest BCUT2D eigenvalue weighted by Gasteiger charge is 2.23. The average Bonchev–Trinajstić information content (AvgIpc) is 2.45. The van der Waals surface area contributed by atoms with E-state index >= 15 is 0 Å². The van der Waals surface area contributed by atoms with E-state index in [9.17, 15) is 5.11 Å². The third kappa shape index (κ3) is 5.14. The van der Waals surface area contributed by atoms with E-state index < -0.39 is 6.10 Å². The van der Waals surface area contributed by atoms with E-state index in [1.54, 1.807) is 0 Å². The Morgan fingerprint density at radius 3 is 2.25 bits per heavy atom. The van der Waals surface area contributed by atoms with Gasteiger partial charge in [0.15, 0.2) is 0 Å². The SMILES string of the molecule is CCCNC(C(C)C)C(O)c1ccc(OCCC)cc1. The van der Waals surface area contributed by atoms with Crippen LogP contribution in [0.25, 0.3) is 0 Å². The van der Waals surface area contributed by atoms with Crippen LogP contribution >= 0.6 is 0 Å². The molecule has 1 aromatic rings. The lowest BCUT2D eigenvalue weighted by Gasteiger charge is -2.28. The van der Waals surface area contributed by atoms with Gasteiger partial charge in [0.25, 0.3) is 0 Å². The number of ether oxygens (including phenoxy) is 1. The summed E-state index contributed by atoms with van der Waals surface area (Å²) in [6.07, 6.45) is 1.59. The van der Waals surface area contributed by atoms with E-state index in [-0.39, 0.29) is 6.04 Å². The summed E-state index contributed by atoms with van der Waals surface area (Å²) in [6.45, 7) is 10.2. The van der Waals surface area contributed by atoms with Crippen molar-refractivity contribution in [3.63, 3.8) is 0 Å². The summed E-state index contributed by atoms with van der Waals surface area (Å²) in [5, 5.41) is 14.0.